The first-order valence-electron chi connectivity index (χ1n) is 8.84. The zero-order chi connectivity index (χ0) is 23.3. The van der Waals surface area contributed by atoms with Crippen LogP contribution < -0.4 is 24.8 Å². The zero-order valence-electron chi connectivity index (χ0n) is 16.7. The lowest BCUT2D eigenvalue weighted by Gasteiger charge is -2.13. The van der Waals surface area contributed by atoms with Gasteiger partial charge in [0.2, 0.25) is 5.88 Å². The molecule has 9 nitrogen and oxygen atoms in total. The summed E-state index contributed by atoms with van der Waals surface area (Å²) in [4.78, 5) is 7.89. The number of halogens is 2. The number of hydrogen-bond donors (Lipinski definition) is 3. The number of nitrogens with one attached hydrogen (secondary N) is 3. The second kappa shape index (κ2) is 10.2. The summed E-state index contributed by atoms with van der Waals surface area (Å²) in [5.41, 5.74) is 1.10. The number of rotatable bonds is 7. The van der Waals surface area contributed by atoms with Gasteiger partial charge in [-0.25, -0.2) is 8.42 Å². The Morgan fingerprint density at radius 3 is 2.38 bits per heavy atom. The number of thiocarbonyl (C=S) groups is 1. The number of anilines is 3. The molecule has 0 unspecified atom stereocenters. The number of hydrogen-bond acceptors (Lipinski definition) is 7. The summed E-state index contributed by atoms with van der Waals surface area (Å²) in [5, 5.41) is 6.86. The van der Waals surface area contributed by atoms with Crippen molar-refractivity contribution in [1.29, 1.82) is 0 Å². The molecule has 0 aliphatic carbocycles. The molecule has 0 fully saturated rings. The van der Waals surface area contributed by atoms with Crippen molar-refractivity contribution in [1.82, 2.24) is 9.97 Å². The van der Waals surface area contributed by atoms with E-state index in [2.05, 4.69) is 25.3 Å². The summed E-state index contributed by atoms with van der Waals surface area (Å²) in [6.07, 6.45) is 0. The zero-order valence-corrected chi connectivity index (χ0v) is 19.9. The first-order valence-corrected chi connectivity index (χ1v) is 11.5. The Kier molecular flexibility index (Phi) is 7.56. The van der Waals surface area contributed by atoms with E-state index in [1.54, 1.807) is 30.3 Å². The molecule has 0 aliphatic rings. The van der Waals surface area contributed by atoms with Gasteiger partial charge in [0.05, 0.1) is 34.8 Å². The molecule has 1 heterocycles. The maximum atomic E-state index is 12.7. The van der Waals surface area contributed by atoms with E-state index in [-0.39, 0.29) is 27.7 Å². The largest absolute Gasteiger partial charge is 0.481 e. The normalized spacial score (nSPS) is 10.9. The van der Waals surface area contributed by atoms with Crippen LogP contribution in [0, 0.1) is 0 Å². The van der Waals surface area contributed by atoms with Crippen molar-refractivity contribution in [3.8, 4) is 11.9 Å². The molecule has 3 N–H and O–H groups in total. The Bertz CT molecular complexity index is 1220. The summed E-state index contributed by atoms with van der Waals surface area (Å²) in [6, 6.07) is 12.3. The van der Waals surface area contributed by atoms with Crippen LogP contribution in [0.15, 0.2) is 53.4 Å². The number of methoxy groups -OCH3 is 2. The van der Waals surface area contributed by atoms with Crippen LogP contribution in [0.25, 0.3) is 0 Å². The summed E-state index contributed by atoms with van der Waals surface area (Å²) in [6.45, 7) is 0. The van der Waals surface area contributed by atoms with Crippen molar-refractivity contribution in [2.24, 2.45) is 0 Å². The topological polar surface area (TPSA) is 114 Å². The molecule has 32 heavy (non-hydrogen) atoms. The molecule has 0 aliphatic heterocycles. The minimum atomic E-state index is -3.93. The second-order valence-electron chi connectivity index (χ2n) is 6.09. The van der Waals surface area contributed by atoms with Crippen LogP contribution in [0.2, 0.25) is 10.0 Å². The molecule has 3 rings (SSSR count). The average Bonchev–Trinajstić information content (AvgIpc) is 2.76. The summed E-state index contributed by atoms with van der Waals surface area (Å²) >= 11 is 17.4. The van der Waals surface area contributed by atoms with Gasteiger partial charge in [0.25, 0.3) is 10.0 Å². The number of benzene rings is 2. The summed E-state index contributed by atoms with van der Waals surface area (Å²) in [5.74, 6) is 0.148. The van der Waals surface area contributed by atoms with Crippen LogP contribution in [0.1, 0.15) is 0 Å². The fourth-order valence-electron chi connectivity index (χ4n) is 2.45. The van der Waals surface area contributed by atoms with Gasteiger partial charge in [-0.15, -0.1) is 0 Å². The van der Waals surface area contributed by atoms with Gasteiger partial charge >= 0.3 is 6.01 Å². The molecule has 0 atom stereocenters. The molecule has 0 amide bonds. The lowest BCUT2D eigenvalue weighted by atomic mass is 10.3. The SMILES string of the molecule is COc1cc(NS(=O)(=O)c2ccc(NC(=S)Nc3cccc(Cl)c3Cl)cc2)nc(OC)n1. The lowest BCUT2D eigenvalue weighted by molar-refractivity contribution is 0.353. The van der Waals surface area contributed by atoms with Crippen molar-refractivity contribution in [2.75, 3.05) is 29.6 Å². The molecule has 13 heteroatoms. The van der Waals surface area contributed by atoms with Crippen LogP contribution in [-0.4, -0.2) is 37.7 Å². The third kappa shape index (κ3) is 5.88. The highest BCUT2D eigenvalue weighted by molar-refractivity contribution is 7.92. The third-order valence-corrected chi connectivity index (χ3v) is 6.33. The van der Waals surface area contributed by atoms with Crippen LogP contribution in [-0.2, 0) is 10.0 Å². The predicted molar refractivity (Wildman–Crippen MR) is 129 cm³/mol. The van der Waals surface area contributed by atoms with Crippen LogP contribution in [0.5, 0.6) is 11.9 Å². The van der Waals surface area contributed by atoms with E-state index in [9.17, 15) is 8.42 Å². The Morgan fingerprint density at radius 1 is 1.00 bits per heavy atom. The van der Waals surface area contributed by atoms with Gasteiger partial charge in [-0.3, -0.25) is 4.72 Å². The summed E-state index contributed by atoms with van der Waals surface area (Å²) < 4.78 is 37.7. The number of nitrogens with zero attached hydrogens (tertiary/aromatic N) is 2. The lowest BCUT2D eigenvalue weighted by Crippen LogP contribution is -2.19. The van der Waals surface area contributed by atoms with Gasteiger partial charge in [0, 0.05) is 11.8 Å². The van der Waals surface area contributed by atoms with Gasteiger partial charge in [-0.1, -0.05) is 29.3 Å². The number of sulfonamides is 1. The molecule has 1 aromatic heterocycles. The van der Waals surface area contributed by atoms with Crippen molar-refractivity contribution >= 4 is 67.7 Å². The van der Waals surface area contributed by atoms with Crippen LogP contribution in [0.3, 0.4) is 0 Å². The fraction of sp³-hybridized carbons (Fsp3) is 0.105. The number of aromatic nitrogens is 2. The predicted octanol–water partition coefficient (Wildman–Crippen LogP) is 4.41. The molecule has 0 spiro atoms. The number of ether oxygens (including phenoxy) is 2. The van der Waals surface area contributed by atoms with E-state index in [4.69, 9.17) is 44.9 Å². The molecule has 0 saturated heterocycles. The van der Waals surface area contributed by atoms with Gasteiger partial charge in [-0.05, 0) is 48.6 Å². The first-order chi connectivity index (χ1) is 15.2. The van der Waals surface area contributed by atoms with Crippen LogP contribution in [0.4, 0.5) is 17.2 Å². The maximum Gasteiger partial charge on any atom is 0.321 e. The minimum absolute atomic E-state index is 0.000296. The highest BCUT2D eigenvalue weighted by Gasteiger charge is 2.17. The van der Waals surface area contributed by atoms with Crippen LogP contribution >= 0.6 is 35.4 Å². The highest BCUT2D eigenvalue weighted by atomic mass is 35.5. The van der Waals surface area contributed by atoms with Gasteiger partial charge in [-0.2, -0.15) is 9.97 Å². The van der Waals surface area contributed by atoms with E-state index >= 15 is 0 Å². The van der Waals surface area contributed by atoms with Gasteiger partial charge < -0.3 is 20.1 Å². The van der Waals surface area contributed by atoms with E-state index in [0.717, 1.165) is 0 Å². The summed E-state index contributed by atoms with van der Waals surface area (Å²) in [7, 11) is -1.17. The molecular weight excluding hydrogens is 497 g/mol. The van der Waals surface area contributed by atoms with E-state index in [1.165, 1.54) is 32.4 Å². The van der Waals surface area contributed by atoms with E-state index < -0.39 is 10.0 Å². The van der Waals surface area contributed by atoms with Crippen molar-refractivity contribution in [2.45, 2.75) is 4.90 Å². The monoisotopic (exact) mass is 513 g/mol. The maximum absolute atomic E-state index is 12.7. The molecule has 0 bridgehead atoms. The van der Waals surface area contributed by atoms with Crippen molar-refractivity contribution < 1.29 is 17.9 Å². The Morgan fingerprint density at radius 2 is 1.72 bits per heavy atom. The standard InChI is InChI=1S/C19H17Cl2N5O4S2/c1-29-16-10-15(24-18(25-16)30-2)26-32(27,28)12-8-6-11(7-9-12)22-19(31)23-14-5-3-4-13(20)17(14)21/h3-10H,1-2H3,(H2,22,23,31)(H,24,25,26). The molecule has 3 aromatic rings. The minimum Gasteiger partial charge on any atom is -0.481 e. The molecular formula is C19H17Cl2N5O4S2. The highest BCUT2D eigenvalue weighted by Crippen LogP contribution is 2.29. The van der Waals surface area contributed by atoms with Crippen molar-refractivity contribution in [3.63, 3.8) is 0 Å². The van der Waals surface area contributed by atoms with Gasteiger partial charge in [0.15, 0.2) is 10.9 Å². The van der Waals surface area contributed by atoms with E-state index in [0.29, 0.717) is 21.4 Å². The second-order valence-corrected chi connectivity index (χ2v) is 8.97. The first kappa shape index (κ1) is 23.8. The van der Waals surface area contributed by atoms with Gasteiger partial charge in [0.1, 0.15) is 0 Å². The van der Waals surface area contributed by atoms with E-state index in [1.807, 2.05) is 0 Å². The fourth-order valence-corrected chi connectivity index (χ4v) is 4.02. The Hall–Kier alpha value is -2.86. The third-order valence-electron chi connectivity index (χ3n) is 3.94. The van der Waals surface area contributed by atoms with Crippen molar-refractivity contribution in [3.05, 3.63) is 58.6 Å². The molecule has 168 valence electrons. The molecule has 0 saturated carbocycles. The Balaban J connectivity index is 1.70. The Labute approximate surface area is 200 Å². The smallest absolute Gasteiger partial charge is 0.321 e. The quantitative estimate of drug-likeness (QED) is 0.395. The average molecular weight is 514 g/mol. The molecule has 0 radical (unpaired) electrons. The molecule has 2 aromatic carbocycles.